The first-order valence-corrected chi connectivity index (χ1v) is 10.1. The van der Waals surface area contributed by atoms with Gasteiger partial charge in [-0.15, -0.1) is 11.3 Å². The first-order valence-electron chi connectivity index (χ1n) is 9.20. The molecule has 7 nitrogen and oxygen atoms in total. The van der Waals surface area contributed by atoms with Crippen LogP contribution in [0.3, 0.4) is 0 Å². The predicted octanol–water partition coefficient (Wildman–Crippen LogP) is 2.39. The number of rotatable bonds is 5. The third-order valence-corrected chi connectivity index (χ3v) is 6.01. The van der Waals surface area contributed by atoms with Gasteiger partial charge < -0.3 is 9.80 Å². The number of hydrogen-bond acceptors (Lipinski definition) is 6. The zero-order chi connectivity index (χ0) is 19.0. The van der Waals surface area contributed by atoms with Crippen molar-refractivity contribution in [3.05, 3.63) is 40.1 Å². The van der Waals surface area contributed by atoms with Crippen molar-refractivity contribution in [1.29, 1.82) is 0 Å². The molecule has 0 aromatic carbocycles. The van der Waals surface area contributed by atoms with Gasteiger partial charge in [0.2, 0.25) is 0 Å². The summed E-state index contributed by atoms with van der Waals surface area (Å²) in [6.45, 7) is 5.06. The van der Waals surface area contributed by atoms with E-state index in [4.69, 9.17) is 5.10 Å². The molecule has 8 heteroatoms. The molecule has 3 aromatic rings. The fourth-order valence-electron chi connectivity index (χ4n) is 3.60. The molecule has 4 rings (SSSR count). The summed E-state index contributed by atoms with van der Waals surface area (Å²) in [7, 11) is 4.11. The van der Waals surface area contributed by atoms with Crippen LogP contribution in [0.1, 0.15) is 33.4 Å². The maximum atomic E-state index is 12.8. The average molecular weight is 385 g/mol. The number of pyridine rings is 1. The Kier molecular flexibility index (Phi) is 4.92. The van der Waals surface area contributed by atoms with Crippen LogP contribution in [-0.4, -0.2) is 69.2 Å². The SMILES string of the molecule is Cc1ncsc1C(=O)N1CCC(c2nn(CCN(C)C)c3ncccc23)C1. The number of fused-ring (bicyclic) bond motifs is 1. The number of carbonyl (C=O) groups is 1. The molecular weight excluding hydrogens is 360 g/mol. The number of thiazole rings is 1. The van der Waals surface area contributed by atoms with E-state index >= 15 is 0 Å². The van der Waals surface area contributed by atoms with Crippen LogP contribution in [0.2, 0.25) is 0 Å². The highest BCUT2D eigenvalue weighted by Gasteiger charge is 2.32. The van der Waals surface area contributed by atoms with Crippen LogP contribution >= 0.6 is 11.3 Å². The van der Waals surface area contributed by atoms with E-state index in [-0.39, 0.29) is 11.8 Å². The van der Waals surface area contributed by atoms with Crippen LogP contribution in [0.4, 0.5) is 0 Å². The minimum Gasteiger partial charge on any atom is -0.337 e. The van der Waals surface area contributed by atoms with Gasteiger partial charge in [-0.1, -0.05) is 0 Å². The maximum Gasteiger partial charge on any atom is 0.265 e. The smallest absolute Gasteiger partial charge is 0.265 e. The zero-order valence-corrected chi connectivity index (χ0v) is 16.7. The number of nitrogens with zero attached hydrogens (tertiary/aromatic N) is 6. The Bertz CT molecular complexity index is 962. The summed E-state index contributed by atoms with van der Waals surface area (Å²) in [6, 6.07) is 4.05. The van der Waals surface area contributed by atoms with E-state index in [2.05, 4.69) is 35.0 Å². The van der Waals surface area contributed by atoms with Crippen LogP contribution in [0.15, 0.2) is 23.8 Å². The standard InChI is InChI=1S/C19H24N6OS/c1-13-17(27-12-21-13)19(26)24-8-6-14(11-24)16-15-5-4-7-20-18(15)25(22-16)10-9-23(2)3/h4-5,7,12,14H,6,8-11H2,1-3H3. The minimum absolute atomic E-state index is 0.0898. The average Bonchev–Trinajstić information content (AvgIpc) is 3.37. The van der Waals surface area contributed by atoms with Crippen molar-refractivity contribution in [3.8, 4) is 0 Å². The number of aryl methyl sites for hydroxylation is 1. The van der Waals surface area contributed by atoms with Gasteiger partial charge >= 0.3 is 0 Å². The van der Waals surface area contributed by atoms with Crippen LogP contribution in [0.25, 0.3) is 11.0 Å². The third-order valence-electron chi connectivity index (χ3n) is 5.10. The molecule has 1 atom stereocenters. The monoisotopic (exact) mass is 384 g/mol. The Morgan fingerprint density at radius 1 is 1.37 bits per heavy atom. The number of likely N-dealkylation sites (N-methyl/N-ethyl adjacent to an activating group) is 1. The van der Waals surface area contributed by atoms with Crippen LogP contribution < -0.4 is 0 Å². The molecule has 1 unspecified atom stereocenters. The Balaban J connectivity index is 1.58. The van der Waals surface area contributed by atoms with Gasteiger partial charge in [0.15, 0.2) is 5.65 Å². The van der Waals surface area contributed by atoms with Crippen molar-refractivity contribution in [2.45, 2.75) is 25.8 Å². The molecule has 0 N–H and O–H groups in total. The molecule has 0 saturated carbocycles. The van der Waals surface area contributed by atoms with Gasteiger partial charge in [-0.05, 0) is 39.6 Å². The van der Waals surface area contributed by atoms with Gasteiger partial charge in [-0.3, -0.25) is 4.79 Å². The molecule has 1 fully saturated rings. The van der Waals surface area contributed by atoms with Gasteiger partial charge in [-0.2, -0.15) is 5.10 Å². The molecular formula is C19H24N6OS. The quantitative estimate of drug-likeness (QED) is 0.676. The van der Waals surface area contributed by atoms with Crippen molar-refractivity contribution >= 4 is 28.3 Å². The first kappa shape index (κ1) is 18.1. The van der Waals surface area contributed by atoms with Crippen molar-refractivity contribution in [2.75, 3.05) is 33.7 Å². The molecule has 0 aliphatic carbocycles. The van der Waals surface area contributed by atoms with Crippen molar-refractivity contribution in [3.63, 3.8) is 0 Å². The Hall–Kier alpha value is -2.32. The fourth-order valence-corrected chi connectivity index (χ4v) is 4.37. The Labute approximate surface area is 162 Å². The molecule has 1 aliphatic heterocycles. The zero-order valence-electron chi connectivity index (χ0n) is 15.9. The molecule has 0 bridgehead atoms. The summed E-state index contributed by atoms with van der Waals surface area (Å²) >= 11 is 1.42. The second-order valence-corrected chi connectivity index (χ2v) is 8.14. The van der Waals surface area contributed by atoms with Crippen molar-refractivity contribution < 1.29 is 4.79 Å². The summed E-state index contributed by atoms with van der Waals surface area (Å²) in [6.07, 6.45) is 2.75. The van der Waals surface area contributed by atoms with E-state index in [1.807, 2.05) is 28.8 Å². The molecule has 142 valence electrons. The lowest BCUT2D eigenvalue weighted by Crippen LogP contribution is -2.28. The van der Waals surface area contributed by atoms with Gasteiger partial charge in [0.05, 0.1) is 23.4 Å². The number of carbonyl (C=O) groups excluding carboxylic acids is 1. The second-order valence-electron chi connectivity index (χ2n) is 7.29. The highest BCUT2D eigenvalue weighted by molar-refractivity contribution is 7.11. The molecule has 1 saturated heterocycles. The molecule has 1 amide bonds. The lowest BCUT2D eigenvalue weighted by molar-refractivity contribution is 0.0794. The van der Waals surface area contributed by atoms with E-state index in [0.29, 0.717) is 6.54 Å². The first-order chi connectivity index (χ1) is 13.0. The van der Waals surface area contributed by atoms with E-state index in [1.165, 1.54) is 11.3 Å². The topological polar surface area (TPSA) is 67.2 Å². The van der Waals surface area contributed by atoms with Crippen molar-refractivity contribution in [2.24, 2.45) is 0 Å². The van der Waals surface area contributed by atoms with Gasteiger partial charge in [0, 0.05) is 37.1 Å². The van der Waals surface area contributed by atoms with Crippen LogP contribution in [0, 0.1) is 6.92 Å². The van der Waals surface area contributed by atoms with Gasteiger partial charge in [0.1, 0.15) is 4.88 Å². The number of likely N-dealkylation sites (tertiary alicyclic amines) is 1. The van der Waals surface area contributed by atoms with Gasteiger partial charge in [0.25, 0.3) is 5.91 Å². The predicted molar refractivity (Wildman–Crippen MR) is 106 cm³/mol. The highest BCUT2D eigenvalue weighted by atomic mass is 32.1. The molecule has 27 heavy (non-hydrogen) atoms. The Morgan fingerprint density at radius 3 is 2.96 bits per heavy atom. The van der Waals surface area contributed by atoms with E-state index in [9.17, 15) is 4.79 Å². The summed E-state index contributed by atoms with van der Waals surface area (Å²) in [5.41, 5.74) is 4.54. The maximum absolute atomic E-state index is 12.8. The molecule has 3 aromatic heterocycles. The number of aromatic nitrogens is 4. The molecule has 1 aliphatic rings. The van der Waals surface area contributed by atoms with E-state index < -0.39 is 0 Å². The second kappa shape index (κ2) is 7.36. The molecule has 4 heterocycles. The highest BCUT2D eigenvalue weighted by Crippen LogP contribution is 2.32. The molecule has 0 spiro atoms. The lowest BCUT2D eigenvalue weighted by atomic mass is 10.0. The normalized spacial score (nSPS) is 17.3. The van der Waals surface area contributed by atoms with Crippen LogP contribution in [-0.2, 0) is 6.54 Å². The van der Waals surface area contributed by atoms with Gasteiger partial charge in [-0.25, -0.2) is 14.6 Å². The number of hydrogen-bond donors (Lipinski definition) is 0. The van der Waals surface area contributed by atoms with E-state index in [1.54, 1.807) is 5.51 Å². The summed E-state index contributed by atoms with van der Waals surface area (Å²) < 4.78 is 2.00. The Morgan fingerprint density at radius 2 is 2.22 bits per heavy atom. The molecule has 0 radical (unpaired) electrons. The van der Waals surface area contributed by atoms with Crippen LogP contribution in [0.5, 0.6) is 0 Å². The fraction of sp³-hybridized carbons (Fsp3) is 0.474. The van der Waals surface area contributed by atoms with Crippen molar-refractivity contribution in [1.82, 2.24) is 29.5 Å². The summed E-state index contributed by atoms with van der Waals surface area (Å²) in [5, 5.41) is 6.00. The lowest BCUT2D eigenvalue weighted by Gasteiger charge is -2.15. The largest absolute Gasteiger partial charge is 0.337 e. The number of amides is 1. The third kappa shape index (κ3) is 3.46. The summed E-state index contributed by atoms with van der Waals surface area (Å²) in [5.74, 6) is 0.335. The van der Waals surface area contributed by atoms with E-state index in [0.717, 1.165) is 53.4 Å². The summed E-state index contributed by atoms with van der Waals surface area (Å²) in [4.78, 5) is 26.4. The minimum atomic E-state index is 0.0898.